The first-order valence-corrected chi connectivity index (χ1v) is 4.09. The molecule has 0 unspecified atom stereocenters. The van der Waals surface area contributed by atoms with Crippen LogP contribution in [0.3, 0.4) is 0 Å². The van der Waals surface area contributed by atoms with E-state index in [9.17, 15) is 14.0 Å². The van der Waals surface area contributed by atoms with Crippen LogP contribution >= 0.6 is 0 Å². The van der Waals surface area contributed by atoms with Gasteiger partial charge in [-0.15, -0.1) is 0 Å². The van der Waals surface area contributed by atoms with Crippen LogP contribution in [-0.2, 0) is 4.79 Å². The van der Waals surface area contributed by atoms with Crippen molar-refractivity contribution in [2.45, 2.75) is 6.42 Å². The van der Waals surface area contributed by atoms with Gasteiger partial charge < -0.3 is 9.90 Å². The van der Waals surface area contributed by atoms with E-state index in [1.165, 1.54) is 6.07 Å². The van der Waals surface area contributed by atoms with Gasteiger partial charge in [-0.2, -0.15) is 0 Å². The molecule has 0 saturated carbocycles. The summed E-state index contributed by atoms with van der Waals surface area (Å²) in [6, 6.07) is 2.25. The zero-order valence-corrected chi connectivity index (χ0v) is 7.66. The molecule has 1 rings (SSSR count). The van der Waals surface area contributed by atoms with Gasteiger partial charge in [0.15, 0.2) is 17.9 Å². The van der Waals surface area contributed by atoms with Gasteiger partial charge in [0.2, 0.25) is 0 Å². The van der Waals surface area contributed by atoms with E-state index < -0.39 is 11.6 Å². The highest BCUT2D eigenvalue weighted by Crippen LogP contribution is 2.21. The van der Waals surface area contributed by atoms with Gasteiger partial charge in [0.1, 0.15) is 6.29 Å². The second-order valence-corrected chi connectivity index (χ2v) is 2.69. The monoisotopic (exact) mass is 206 g/mol. The minimum Gasteiger partial charge on any atom is -0.504 e. The van der Waals surface area contributed by atoms with Crippen molar-refractivity contribution >= 4 is 12.6 Å². The van der Waals surface area contributed by atoms with E-state index in [1.807, 2.05) is 0 Å². The molecule has 0 aliphatic heterocycles. The van der Waals surface area contributed by atoms with E-state index >= 15 is 0 Å². The third-order valence-electron chi connectivity index (χ3n) is 1.64. The highest BCUT2D eigenvalue weighted by Gasteiger charge is 2.07. The molecule has 0 bridgehead atoms. The van der Waals surface area contributed by atoms with E-state index in [4.69, 9.17) is 5.11 Å². The number of hydrogen-bond donors (Lipinski definition) is 1. The molecule has 0 amide bonds. The summed E-state index contributed by atoms with van der Waals surface area (Å²) in [6.45, 7) is 0. The Labute approximate surface area is 85.5 Å². The van der Waals surface area contributed by atoms with Gasteiger partial charge in [0, 0.05) is 5.56 Å². The van der Waals surface area contributed by atoms with Crippen molar-refractivity contribution in [3.8, 4) is 17.6 Å². The quantitative estimate of drug-likeness (QED) is 0.585. The van der Waals surface area contributed by atoms with Crippen LogP contribution in [0.15, 0.2) is 12.1 Å². The third kappa shape index (κ3) is 2.64. The second kappa shape index (κ2) is 4.91. The van der Waals surface area contributed by atoms with Gasteiger partial charge in [-0.3, -0.25) is 4.79 Å². The van der Waals surface area contributed by atoms with Crippen molar-refractivity contribution in [2.75, 3.05) is 0 Å². The predicted octanol–water partition coefficient (Wildman–Crippen LogP) is 1.28. The maximum atomic E-state index is 13.0. The molecular weight excluding hydrogens is 199 g/mol. The molecule has 1 aromatic carbocycles. The molecule has 0 saturated heterocycles. The lowest BCUT2D eigenvalue weighted by Gasteiger charge is -1.99. The molecule has 1 N–H and O–H groups in total. The molecule has 4 heteroatoms. The summed E-state index contributed by atoms with van der Waals surface area (Å²) in [4.78, 5) is 20.4. The van der Waals surface area contributed by atoms with Gasteiger partial charge in [-0.05, 0) is 12.1 Å². The lowest BCUT2D eigenvalue weighted by molar-refractivity contribution is -0.107. The number of benzene rings is 1. The molecule has 1 aromatic rings. The number of aldehydes is 2. The van der Waals surface area contributed by atoms with E-state index in [0.29, 0.717) is 12.6 Å². The van der Waals surface area contributed by atoms with Crippen molar-refractivity contribution in [1.82, 2.24) is 0 Å². The first-order valence-electron chi connectivity index (χ1n) is 4.09. The van der Waals surface area contributed by atoms with Crippen LogP contribution in [0.5, 0.6) is 5.75 Å². The molecule has 3 nitrogen and oxygen atoms in total. The Balaban J connectivity index is 3.12. The van der Waals surface area contributed by atoms with E-state index in [1.54, 1.807) is 0 Å². The summed E-state index contributed by atoms with van der Waals surface area (Å²) in [6.07, 6.45) is 0.993. The van der Waals surface area contributed by atoms with E-state index in [-0.39, 0.29) is 17.5 Å². The van der Waals surface area contributed by atoms with E-state index in [2.05, 4.69) is 11.8 Å². The van der Waals surface area contributed by atoms with Gasteiger partial charge in [-0.25, -0.2) is 4.39 Å². The minimum absolute atomic E-state index is 0.0406. The number of halogens is 1. The smallest absolute Gasteiger partial charge is 0.166 e. The van der Waals surface area contributed by atoms with Crippen LogP contribution in [-0.4, -0.2) is 17.7 Å². The molecule has 0 radical (unpaired) electrons. The Bertz CT molecular complexity index is 455. The number of phenols is 1. The van der Waals surface area contributed by atoms with Crippen molar-refractivity contribution < 1.29 is 19.1 Å². The highest BCUT2D eigenvalue weighted by molar-refractivity contribution is 5.80. The zero-order chi connectivity index (χ0) is 11.3. The fraction of sp³-hybridized carbons (Fsp3) is 0.0909. The van der Waals surface area contributed by atoms with Gasteiger partial charge in [0.05, 0.1) is 12.0 Å². The number of rotatable bonds is 2. The summed E-state index contributed by atoms with van der Waals surface area (Å²) in [5, 5.41) is 9.08. The molecule has 0 aromatic heterocycles. The molecule has 0 aliphatic carbocycles. The van der Waals surface area contributed by atoms with Gasteiger partial charge >= 0.3 is 0 Å². The second-order valence-electron chi connectivity index (χ2n) is 2.69. The van der Waals surface area contributed by atoms with Crippen LogP contribution in [0, 0.1) is 17.7 Å². The van der Waals surface area contributed by atoms with Crippen molar-refractivity contribution in [2.24, 2.45) is 0 Å². The lowest BCUT2D eigenvalue weighted by Crippen LogP contribution is -1.88. The first kappa shape index (κ1) is 10.9. The van der Waals surface area contributed by atoms with Gasteiger partial charge in [0.25, 0.3) is 0 Å². The molecule has 0 aliphatic rings. The minimum atomic E-state index is -0.907. The number of carbonyl (C=O) groups excluding carboxylic acids is 2. The Morgan fingerprint density at radius 2 is 2.13 bits per heavy atom. The predicted molar refractivity (Wildman–Crippen MR) is 51.0 cm³/mol. The molecule has 0 spiro atoms. The van der Waals surface area contributed by atoms with Crippen LogP contribution in [0.4, 0.5) is 4.39 Å². The van der Waals surface area contributed by atoms with Crippen LogP contribution in [0.1, 0.15) is 22.3 Å². The number of phenolic OH excluding ortho intramolecular Hbond substituents is 1. The summed E-state index contributed by atoms with van der Waals surface area (Å²) in [5.74, 6) is 3.37. The fourth-order valence-electron chi connectivity index (χ4n) is 0.977. The Morgan fingerprint density at radius 3 is 2.73 bits per heavy atom. The fourth-order valence-corrected chi connectivity index (χ4v) is 0.977. The molecule has 76 valence electrons. The molecule has 0 fully saturated rings. The summed E-state index contributed by atoms with van der Waals surface area (Å²) >= 11 is 0. The van der Waals surface area contributed by atoms with Gasteiger partial charge in [-0.1, -0.05) is 11.8 Å². The van der Waals surface area contributed by atoms with E-state index in [0.717, 1.165) is 6.07 Å². The normalized spacial score (nSPS) is 8.87. The topological polar surface area (TPSA) is 54.4 Å². The van der Waals surface area contributed by atoms with Crippen LogP contribution < -0.4 is 0 Å². The van der Waals surface area contributed by atoms with Crippen molar-refractivity contribution in [1.29, 1.82) is 0 Å². The summed E-state index contributed by atoms with van der Waals surface area (Å²) < 4.78 is 13.0. The Hall–Kier alpha value is -2.15. The first-order chi connectivity index (χ1) is 7.19. The molecule has 15 heavy (non-hydrogen) atoms. The van der Waals surface area contributed by atoms with Crippen LogP contribution in [0.2, 0.25) is 0 Å². The summed E-state index contributed by atoms with van der Waals surface area (Å²) in [5.41, 5.74) is 0.0830. The highest BCUT2D eigenvalue weighted by atomic mass is 19.1. The SMILES string of the molecule is O=CCC#Cc1cc(F)c(O)c(C=O)c1. The van der Waals surface area contributed by atoms with Crippen molar-refractivity contribution in [3.63, 3.8) is 0 Å². The number of carbonyl (C=O) groups is 2. The van der Waals surface area contributed by atoms with Crippen LogP contribution in [0.25, 0.3) is 0 Å². The third-order valence-corrected chi connectivity index (χ3v) is 1.64. The average Bonchev–Trinajstić information content (AvgIpc) is 2.23. The zero-order valence-electron chi connectivity index (χ0n) is 7.66. The maximum Gasteiger partial charge on any atom is 0.166 e. The standard InChI is InChI=1S/C11H7FO3/c12-10-6-8(3-1-2-4-13)5-9(7-14)11(10)15/h4-7,15H,2H2. The molecular formula is C11H7FO3. The summed E-state index contributed by atoms with van der Waals surface area (Å²) in [7, 11) is 0. The Morgan fingerprint density at radius 1 is 1.40 bits per heavy atom. The maximum absolute atomic E-state index is 13.0. The van der Waals surface area contributed by atoms with Crippen molar-refractivity contribution in [3.05, 3.63) is 29.1 Å². The Kier molecular flexibility index (Phi) is 3.58. The number of aromatic hydroxyl groups is 1. The molecule has 0 heterocycles. The average molecular weight is 206 g/mol. The molecule has 0 atom stereocenters. The largest absolute Gasteiger partial charge is 0.504 e. The lowest BCUT2D eigenvalue weighted by atomic mass is 10.1. The number of hydrogen-bond acceptors (Lipinski definition) is 3.